The lowest BCUT2D eigenvalue weighted by Crippen LogP contribution is -2.61. The van der Waals surface area contributed by atoms with Crippen molar-refractivity contribution in [2.75, 3.05) is 27.5 Å². The fourth-order valence-electron chi connectivity index (χ4n) is 3.51. The molecule has 18 heteroatoms. The fraction of sp³-hybridized carbons (Fsp3) is 0.636. The number of carbonyl (C=O) groups is 2. The zero-order valence-corrected chi connectivity index (χ0v) is 24.3. The van der Waals surface area contributed by atoms with Crippen LogP contribution in [0.25, 0.3) is 0 Å². The van der Waals surface area contributed by atoms with E-state index in [1.165, 1.54) is 26.0 Å². The van der Waals surface area contributed by atoms with Crippen LogP contribution in [0, 0.1) is 0 Å². The van der Waals surface area contributed by atoms with Crippen molar-refractivity contribution in [3.63, 3.8) is 0 Å². The van der Waals surface area contributed by atoms with Crippen molar-refractivity contribution < 1.29 is 66.9 Å². The molecule has 0 bridgehead atoms. The minimum atomic E-state index is -4.58. The number of para-hydroxylation sites is 1. The lowest BCUT2D eigenvalue weighted by atomic mass is 9.96. The second-order valence-corrected chi connectivity index (χ2v) is 12.8. The van der Waals surface area contributed by atoms with Gasteiger partial charge in [0.05, 0.1) is 20.8 Å². The fourth-order valence-corrected chi connectivity index (χ4v) is 6.42. The van der Waals surface area contributed by atoms with Crippen molar-refractivity contribution in [3.8, 4) is 5.75 Å². The van der Waals surface area contributed by atoms with E-state index in [-0.39, 0.29) is 5.75 Å². The largest absolute Gasteiger partial charge is 0.468 e. The summed E-state index contributed by atoms with van der Waals surface area (Å²) in [6.45, 7) is 3.07. The molecule has 0 amide bonds. The van der Waals surface area contributed by atoms with Gasteiger partial charge < -0.3 is 43.7 Å². The zero-order chi connectivity index (χ0) is 30.3. The number of carbonyl (C=O) groups excluding carboxylic acids is 2. The molecule has 10 atom stereocenters. The third kappa shape index (κ3) is 9.57. The van der Waals surface area contributed by atoms with Crippen molar-refractivity contribution in [2.24, 2.45) is 0 Å². The molecule has 0 aliphatic carbocycles. The monoisotopic (exact) mass is 614 g/mol. The molecule has 6 N–H and O–H groups in total. The van der Waals surface area contributed by atoms with Crippen LogP contribution in [-0.2, 0) is 42.0 Å². The molecule has 1 aliphatic rings. The first-order valence-corrected chi connectivity index (χ1v) is 15.6. The first kappa shape index (κ1) is 34.3. The molecule has 2 unspecified atom stereocenters. The molecular weight excluding hydrogens is 578 g/mol. The van der Waals surface area contributed by atoms with E-state index in [9.17, 15) is 39.1 Å². The van der Waals surface area contributed by atoms with E-state index in [4.69, 9.17) is 18.3 Å². The number of aliphatic hydroxyl groups excluding tert-OH is 4. The summed E-state index contributed by atoms with van der Waals surface area (Å²) in [5.41, 5.74) is 0. The average Bonchev–Trinajstić information content (AvgIpc) is 2.91. The first-order chi connectivity index (χ1) is 18.6. The molecular formula is C22H36N2O14P2. The Morgan fingerprint density at radius 1 is 0.950 bits per heavy atom. The average molecular weight is 614 g/mol. The van der Waals surface area contributed by atoms with Gasteiger partial charge in [-0.2, -0.15) is 5.09 Å². The van der Waals surface area contributed by atoms with Crippen LogP contribution < -0.4 is 14.7 Å². The Morgan fingerprint density at radius 2 is 1.50 bits per heavy atom. The van der Waals surface area contributed by atoms with Crippen molar-refractivity contribution in [2.45, 2.75) is 62.7 Å². The van der Waals surface area contributed by atoms with Crippen LogP contribution in [-0.4, -0.2) is 109 Å². The predicted octanol–water partition coefficient (Wildman–Crippen LogP) is -0.500. The van der Waals surface area contributed by atoms with Crippen LogP contribution in [0.3, 0.4) is 0 Å². The van der Waals surface area contributed by atoms with E-state index in [1.54, 1.807) is 18.2 Å². The van der Waals surface area contributed by atoms with E-state index >= 15 is 0 Å². The Kier molecular flexibility index (Phi) is 12.7. The molecule has 1 saturated heterocycles. The maximum absolute atomic E-state index is 13.7. The van der Waals surface area contributed by atoms with E-state index < -0.39 is 82.7 Å². The number of rotatable bonds is 14. The van der Waals surface area contributed by atoms with E-state index in [1.807, 2.05) is 0 Å². The number of esters is 2. The van der Waals surface area contributed by atoms with Gasteiger partial charge in [-0.05, 0) is 26.0 Å². The van der Waals surface area contributed by atoms with Crippen molar-refractivity contribution >= 4 is 27.2 Å². The Bertz CT molecular complexity index is 1080. The van der Waals surface area contributed by atoms with Gasteiger partial charge in [0.2, 0.25) is 0 Å². The van der Waals surface area contributed by atoms with Crippen LogP contribution in [0.15, 0.2) is 30.3 Å². The van der Waals surface area contributed by atoms with Crippen LogP contribution in [0.5, 0.6) is 5.75 Å². The normalized spacial score (nSPS) is 28.3. The maximum Gasteiger partial charge on any atom is 0.461 e. The summed E-state index contributed by atoms with van der Waals surface area (Å²) in [5.74, 6) is -1.50. The summed E-state index contributed by atoms with van der Waals surface area (Å²) in [6, 6.07) is 5.40. The van der Waals surface area contributed by atoms with Gasteiger partial charge in [0.1, 0.15) is 48.4 Å². The molecule has 1 fully saturated rings. The summed E-state index contributed by atoms with van der Waals surface area (Å²) in [6.07, 6.45) is -11.3. The molecule has 1 aromatic rings. The summed E-state index contributed by atoms with van der Waals surface area (Å²) in [7, 11) is -6.03. The quantitative estimate of drug-likeness (QED) is 0.115. The highest BCUT2D eigenvalue weighted by atomic mass is 31.2. The van der Waals surface area contributed by atoms with Crippen LogP contribution in [0.2, 0.25) is 0 Å². The summed E-state index contributed by atoms with van der Waals surface area (Å²) in [4.78, 5) is 23.5. The lowest BCUT2D eigenvalue weighted by Gasteiger charge is -2.42. The highest BCUT2D eigenvalue weighted by Crippen LogP contribution is 2.48. The molecule has 1 aromatic carbocycles. The molecule has 228 valence electrons. The molecule has 40 heavy (non-hydrogen) atoms. The molecule has 0 saturated carbocycles. The Balaban J connectivity index is 2.20. The van der Waals surface area contributed by atoms with Gasteiger partial charge in [0, 0.05) is 6.66 Å². The van der Waals surface area contributed by atoms with E-state index in [2.05, 4.69) is 19.6 Å². The first-order valence-electron chi connectivity index (χ1n) is 12.0. The molecule has 0 aromatic heterocycles. The second kappa shape index (κ2) is 14.8. The second-order valence-electron chi connectivity index (χ2n) is 8.90. The van der Waals surface area contributed by atoms with Gasteiger partial charge >= 0.3 is 19.7 Å². The van der Waals surface area contributed by atoms with Gasteiger partial charge in [-0.3, -0.25) is 18.7 Å². The third-order valence-corrected chi connectivity index (χ3v) is 8.72. The van der Waals surface area contributed by atoms with Gasteiger partial charge in [-0.25, -0.2) is 9.65 Å². The molecule has 2 rings (SSSR count). The molecule has 0 radical (unpaired) electrons. The number of benzene rings is 1. The van der Waals surface area contributed by atoms with Crippen LogP contribution in [0.4, 0.5) is 0 Å². The van der Waals surface area contributed by atoms with Crippen molar-refractivity contribution in [3.05, 3.63) is 30.3 Å². The Labute approximate surface area is 230 Å². The summed E-state index contributed by atoms with van der Waals surface area (Å²) < 4.78 is 57.0. The zero-order valence-electron chi connectivity index (χ0n) is 22.5. The van der Waals surface area contributed by atoms with E-state index in [0.717, 1.165) is 20.9 Å². The number of hydrogen-bond donors (Lipinski definition) is 6. The number of aliphatic hydroxyl groups is 4. The van der Waals surface area contributed by atoms with Gasteiger partial charge in [-0.15, -0.1) is 0 Å². The summed E-state index contributed by atoms with van der Waals surface area (Å²) >= 11 is 0. The van der Waals surface area contributed by atoms with Crippen molar-refractivity contribution in [1.29, 1.82) is 0 Å². The predicted molar refractivity (Wildman–Crippen MR) is 137 cm³/mol. The van der Waals surface area contributed by atoms with Gasteiger partial charge in [0.25, 0.3) is 7.52 Å². The SMILES string of the molecule is COC(=O)[C@H](C)NP(C)(=O)OC[C@@H](O)[C@H]1O[C@@H](OP(=O)(N[C@@H](C)C(=O)OC)Oc2ccccc2)[C@@H](O)[C@@H](O)[C@@H]1O. The standard InChI is InChI=1S/C22H36N2O14P2/c1-12(20(29)33-3)23-39(5,31)35-11-15(25)19-17(27)16(26)18(28)22(36-19)38-40(32,24-13(2)21(30)34-4)37-14-9-7-6-8-10-14/h6-10,12-13,15-19,22,25-28H,11H2,1-5H3,(H,23,31)(H,24,32)/t12-,13-,15+,16-,17-,18-,19+,22-,39?,40?/m0/s1. The topological polar surface area (TPSA) is 229 Å². The number of hydrogen-bond acceptors (Lipinski definition) is 14. The number of methoxy groups -OCH3 is 2. The smallest absolute Gasteiger partial charge is 0.461 e. The highest BCUT2D eigenvalue weighted by Gasteiger charge is 2.50. The molecule has 16 nitrogen and oxygen atoms in total. The van der Waals surface area contributed by atoms with Crippen molar-refractivity contribution in [1.82, 2.24) is 10.2 Å². The van der Waals surface area contributed by atoms with E-state index in [0.29, 0.717) is 0 Å². The minimum Gasteiger partial charge on any atom is -0.468 e. The van der Waals surface area contributed by atoms with Crippen LogP contribution in [0.1, 0.15) is 13.8 Å². The number of nitrogens with one attached hydrogen (secondary N) is 2. The Morgan fingerprint density at radius 3 is 2.05 bits per heavy atom. The van der Waals surface area contributed by atoms with Crippen LogP contribution >= 0.6 is 15.3 Å². The number of ether oxygens (including phenoxy) is 3. The Hall–Kier alpha value is -1.94. The lowest BCUT2D eigenvalue weighted by molar-refractivity contribution is -0.291. The molecule has 0 spiro atoms. The summed E-state index contributed by atoms with van der Waals surface area (Å²) in [5, 5.41) is 46.7. The minimum absolute atomic E-state index is 0.0404. The molecule has 1 heterocycles. The molecule has 1 aliphatic heterocycles. The van der Waals surface area contributed by atoms with Gasteiger partial charge in [0.15, 0.2) is 6.29 Å². The van der Waals surface area contributed by atoms with Gasteiger partial charge in [-0.1, -0.05) is 18.2 Å². The maximum atomic E-state index is 13.7. The highest BCUT2D eigenvalue weighted by molar-refractivity contribution is 7.56. The third-order valence-electron chi connectivity index (χ3n) is 5.58.